The monoisotopic (exact) mass is 518 g/mol. The Labute approximate surface area is 226 Å². The van der Waals surface area contributed by atoms with Crippen LogP contribution >= 0.6 is 0 Å². The quantitative estimate of drug-likeness (QED) is 0.0851. The van der Waals surface area contributed by atoms with E-state index in [1.807, 2.05) is 30.7 Å². The first-order chi connectivity index (χ1) is 17.5. The molecular formula is C29H54N6O2+2. The van der Waals surface area contributed by atoms with Crippen molar-refractivity contribution in [3.8, 4) is 0 Å². The lowest BCUT2D eigenvalue weighted by Gasteiger charge is -2.23. The van der Waals surface area contributed by atoms with E-state index in [1.54, 1.807) is 14.2 Å². The summed E-state index contributed by atoms with van der Waals surface area (Å²) in [6.07, 6.45) is 9.88. The second-order valence-electron chi connectivity index (χ2n) is 10.1. The third-order valence-corrected chi connectivity index (χ3v) is 6.87. The molecule has 0 bridgehead atoms. The molecule has 1 aliphatic heterocycles. The number of hydrogen-bond donors (Lipinski definition) is 3. The number of hydrogen-bond acceptors (Lipinski definition) is 6. The zero-order valence-electron chi connectivity index (χ0n) is 24.9. The van der Waals surface area contributed by atoms with Gasteiger partial charge in [-0.1, -0.05) is 25.2 Å². The Kier molecular flexibility index (Phi) is 14.7. The average Bonchev–Trinajstić information content (AvgIpc) is 3.57. The molecule has 0 aliphatic carbocycles. The molecule has 0 saturated carbocycles. The number of rotatable bonds is 18. The van der Waals surface area contributed by atoms with Crippen LogP contribution < -0.4 is 16.4 Å². The summed E-state index contributed by atoms with van der Waals surface area (Å²) in [5.74, 6) is 0.929. The predicted molar refractivity (Wildman–Crippen MR) is 156 cm³/mol. The SMILES string of the molecule is C=C(C(C)NC(C)C[N+](=C)C(N)NC(=CC=C(C)CCCN(C)CC)C(C)OC)C1C(OC)=[N+]1C=CC. The van der Waals surface area contributed by atoms with Crippen LogP contribution in [0.4, 0.5) is 0 Å². The third-order valence-electron chi connectivity index (χ3n) is 6.87. The minimum absolute atomic E-state index is 0.104. The van der Waals surface area contributed by atoms with Crippen LogP contribution in [0.25, 0.3) is 0 Å². The molecule has 4 N–H and O–H groups in total. The highest BCUT2D eigenvalue weighted by Gasteiger charge is 2.53. The van der Waals surface area contributed by atoms with Gasteiger partial charge in [0.1, 0.15) is 6.72 Å². The molecule has 210 valence electrons. The van der Waals surface area contributed by atoms with Crippen molar-refractivity contribution >= 4 is 12.6 Å². The molecule has 37 heavy (non-hydrogen) atoms. The summed E-state index contributed by atoms with van der Waals surface area (Å²) in [4.78, 5) is 2.33. The van der Waals surface area contributed by atoms with E-state index >= 15 is 0 Å². The molecule has 0 aromatic rings. The highest BCUT2D eigenvalue weighted by molar-refractivity contribution is 5.88. The van der Waals surface area contributed by atoms with Gasteiger partial charge in [0.25, 0.3) is 6.29 Å². The molecule has 0 radical (unpaired) electrons. The lowest BCUT2D eigenvalue weighted by Crippen LogP contribution is -2.51. The van der Waals surface area contributed by atoms with Crippen LogP contribution in [0.2, 0.25) is 0 Å². The standard InChI is InChI=1S/C29H54N6O2/c1-12-18-35-27(28(35)37-11)23(5)24(6)31-22(4)20-34(9)29(30)32-26(25(7)36-10)17-16-21(3)15-14-19-33(8)13-2/h12,16-18,22,24-25,27,29,31-32H,5,9,13-15,19-20,30H2,1-4,6-8,10-11H3/q+2. The van der Waals surface area contributed by atoms with Crippen LogP contribution in [0.1, 0.15) is 54.4 Å². The van der Waals surface area contributed by atoms with Gasteiger partial charge in [0.05, 0.1) is 19.3 Å². The molecule has 1 heterocycles. The maximum absolute atomic E-state index is 6.48. The normalized spacial score (nSPS) is 19.7. The number of ether oxygens (including phenoxy) is 2. The molecular weight excluding hydrogens is 464 g/mol. The summed E-state index contributed by atoms with van der Waals surface area (Å²) in [7, 11) is 5.56. The van der Waals surface area contributed by atoms with Crippen LogP contribution in [-0.2, 0) is 9.47 Å². The predicted octanol–water partition coefficient (Wildman–Crippen LogP) is 3.02. The van der Waals surface area contributed by atoms with Crippen LogP contribution in [0.3, 0.4) is 0 Å². The summed E-state index contributed by atoms with van der Waals surface area (Å²) in [6, 6.07) is 0.364. The number of nitrogens with two attached hydrogens (primary N) is 1. The maximum atomic E-state index is 6.48. The third kappa shape index (κ3) is 10.9. The first-order valence-corrected chi connectivity index (χ1v) is 13.4. The van der Waals surface area contributed by atoms with Gasteiger partial charge in [0.15, 0.2) is 12.7 Å². The Bertz CT molecular complexity index is 876. The zero-order chi connectivity index (χ0) is 28.1. The van der Waals surface area contributed by atoms with Gasteiger partial charge >= 0.3 is 11.9 Å². The van der Waals surface area contributed by atoms with Crippen molar-refractivity contribution in [3.63, 3.8) is 0 Å². The topological polar surface area (TPSA) is 77.8 Å². The van der Waals surface area contributed by atoms with Crippen molar-refractivity contribution in [3.05, 3.63) is 47.9 Å². The fourth-order valence-corrected chi connectivity index (χ4v) is 4.15. The molecule has 1 aliphatic rings. The van der Waals surface area contributed by atoms with E-state index in [0.29, 0.717) is 6.54 Å². The average molecular weight is 519 g/mol. The summed E-state index contributed by atoms with van der Waals surface area (Å²) >= 11 is 0. The molecule has 0 aromatic heterocycles. The van der Waals surface area contributed by atoms with E-state index in [9.17, 15) is 0 Å². The van der Waals surface area contributed by atoms with Crippen molar-refractivity contribution in [2.75, 3.05) is 40.9 Å². The molecule has 1 rings (SSSR count). The van der Waals surface area contributed by atoms with Gasteiger partial charge in [-0.2, -0.15) is 0 Å². The number of nitrogens with zero attached hydrogens (tertiary/aromatic N) is 3. The van der Waals surface area contributed by atoms with Gasteiger partial charge in [0, 0.05) is 24.4 Å². The smallest absolute Gasteiger partial charge is 0.418 e. The largest absolute Gasteiger partial charge is 0.446 e. The molecule has 5 atom stereocenters. The van der Waals surface area contributed by atoms with Crippen LogP contribution in [0.5, 0.6) is 0 Å². The summed E-state index contributed by atoms with van der Waals surface area (Å²) in [5.41, 5.74) is 9.81. The lowest BCUT2D eigenvalue weighted by atomic mass is 10.1. The van der Waals surface area contributed by atoms with Crippen molar-refractivity contribution in [1.82, 2.24) is 15.5 Å². The van der Waals surface area contributed by atoms with Gasteiger partial charge in [-0.3, -0.25) is 5.73 Å². The van der Waals surface area contributed by atoms with Crippen molar-refractivity contribution in [1.29, 1.82) is 0 Å². The van der Waals surface area contributed by atoms with Crippen LogP contribution in [0.15, 0.2) is 47.9 Å². The fraction of sp³-hybridized carbons (Fsp3) is 0.655. The Morgan fingerprint density at radius 2 is 1.95 bits per heavy atom. The Balaban J connectivity index is 2.66. The second kappa shape index (κ2) is 16.6. The van der Waals surface area contributed by atoms with E-state index < -0.39 is 6.29 Å². The molecule has 0 fully saturated rings. The molecule has 8 nitrogen and oxygen atoms in total. The zero-order valence-corrected chi connectivity index (χ0v) is 24.9. The van der Waals surface area contributed by atoms with Gasteiger partial charge in [-0.25, -0.2) is 4.58 Å². The minimum atomic E-state index is -0.458. The summed E-state index contributed by atoms with van der Waals surface area (Å²) < 4.78 is 15.0. The van der Waals surface area contributed by atoms with Gasteiger partial charge in [-0.15, -0.1) is 4.58 Å². The van der Waals surface area contributed by atoms with Crippen LogP contribution in [-0.4, -0.2) is 98.1 Å². The van der Waals surface area contributed by atoms with Gasteiger partial charge in [-0.05, 0) is 79.7 Å². The molecule has 0 amide bonds. The first-order valence-electron chi connectivity index (χ1n) is 13.4. The molecule has 0 aromatic carbocycles. The van der Waals surface area contributed by atoms with Crippen molar-refractivity contribution in [2.45, 2.75) is 84.9 Å². The highest BCUT2D eigenvalue weighted by Crippen LogP contribution is 2.23. The molecule has 0 spiro atoms. The summed E-state index contributed by atoms with van der Waals surface area (Å²) in [5, 5.41) is 7.01. The van der Waals surface area contributed by atoms with E-state index in [4.69, 9.17) is 15.2 Å². The van der Waals surface area contributed by atoms with Crippen molar-refractivity contribution in [2.24, 2.45) is 5.73 Å². The Hall–Kier alpha value is -2.26. The molecule has 8 heteroatoms. The van der Waals surface area contributed by atoms with E-state index in [1.165, 1.54) is 5.57 Å². The number of nitrogens with one attached hydrogen (secondary N) is 2. The van der Waals surface area contributed by atoms with E-state index in [0.717, 1.165) is 43.1 Å². The molecule has 0 saturated heterocycles. The van der Waals surface area contributed by atoms with E-state index in [-0.39, 0.29) is 24.2 Å². The van der Waals surface area contributed by atoms with Gasteiger partial charge in [0.2, 0.25) is 0 Å². The Morgan fingerprint density at radius 3 is 2.51 bits per heavy atom. The minimum Gasteiger partial charge on any atom is -0.446 e. The van der Waals surface area contributed by atoms with Gasteiger partial charge < -0.3 is 25.0 Å². The lowest BCUT2D eigenvalue weighted by molar-refractivity contribution is -0.565. The number of allylic oxidation sites excluding steroid dienone is 4. The maximum Gasteiger partial charge on any atom is 0.418 e. The van der Waals surface area contributed by atoms with Crippen molar-refractivity contribution < 1.29 is 18.6 Å². The van der Waals surface area contributed by atoms with E-state index in [2.05, 4.69) is 80.3 Å². The fourth-order valence-electron chi connectivity index (χ4n) is 4.15. The molecule has 5 unspecified atom stereocenters. The summed E-state index contributed by atoms with van der Waals surface area (Å²) in [6.45, 7) is 23.9. The second-order valence-corrected chi connectivity index (χ2v) is 10.1. The first kappa shape index (κ1) is 32.8. The van der Waals surface area contributed by atoms with Crippen LogP contribution in [0, 0.1) is 0 Å². The Morgan fingerprint density at radius 1 is 1.27 bits per heavy atom. The highest BCUT2D eigenvalue weighted by atomic mass is 16.5. The number of methoxy groups -OCH3 is 2.